The molecule has 1 atom stereocenters. The van der Waals surface area contributed by atoms with E-state index in [4.69, 9.17) is 0 Å². The first-order valence-electron chi connectivity index (χ1n) is 3.73. The highest BCUT2D eigenvalue weighted by Gasteiger charge is 2.03. The molecule has 0 aromatic carbocycles. The van der Waals surface area contributed by atoms with Gasteiger partial charge in [0.05, 0.1) is 18.5 Å². The van der Waals surface area contributed by atoms with E-state index in [0.717, 1.165) is 11.4 Å². The van der Waals surface area contributed by atoms with Crippen molar-refractivity contribution < 1.29 is 0 Å². The Labute approximate surface area is 70.1 Å². The molecule has 1 aromatic heterocycles. The van der Waals surface area contributed by atoms with Crippen molar-refractivity contribution in [1.29, 1.82) is 0 Å². The van der Waals surface area contributed by atoms with Gasteiger partial charge in [0.1, 0.15) is 17.7 Å². The summed E-state index contributed by atoms with van der Waals surface area (Å²) in [5, 5.41) is 0. The first-order chi connectivity index (χ1) is 5.86. The molecule has 1 aliphatic heterocycles. The Hall–Kier alpha value is -1.58. The Bertz CT molecular complexity index is 310. The lowest BCUT2D eigenvalue weighted by molar-refractivity contribution is 1.01. The third-order valence-electron chi connectivity index (χ3n) is 1.58. The van der Waals surface area contributed by atoms with Gasteiger partial charge in [0, 0.05) is 6.21 Å². The van der Waals surface area contributed by atoms with Gasteiger partial charge in [-0.3, -0.25) is 9.98 Å². The van der Waals surface area contributed by atoms with Gasteiger partial charge in [0.15, 0.2) is 0 Å². The fraction of sp³-hybridized carbons (Fsp3) is 0.250. The van der Waals surface area contributed by atoms with E-state index in [2.05, 4.69) is 20.0 Å². The second-order valence-electron chi connectivity index (χ2n) is 2.59. The number of fused-ring (bicyclic) bond motifs is 1. The zero-order valence-electron chi connectivity index (χ0n) is 6.68. The van der Waals surface area contributed by atoms with Gasteiger partial charge in [-0.05, 0) is 6.92 Å². The van der Waals surface area contributed by atoms with Crippen molar-refractivity contribution in [3.63, 3.8) is 0 Å². The molecule has 0 saturated carbocycles. The van der Waals surface area contributed by atoms with E-state index in [1.807, 2.05) is 6.92 Å². The molecule has 0 saturated heterocycles. The maximum atomic E-state index is 4.20. The Morgan fingerprint density at radius 2 is 2.33 bits per heavy atom. The van der Waals surface area contributed by atoms with Gasteiger partial charge in [0.2, 0.25) is 0 Å². The molecule has 60 valence electrons. The predicted molar refractivity (Wildman–Crippen MR) is 47.2 cm³/mol. The van der Waals surface area contributed by atoms with Crippen LogP contribution in [0.5, 0.6) is 0 Å². The highest BCUT2D eigenvalue weighted by molar-refractivity contribution is 5.88. The highest BCUT2D eigenvalue weighted by atomic mass is 14.9. The third kappa shape index (κ3) is 1.23. The Balaban J connectivity index is 2.52. The summed E-state index contributed by atoms with van der Waals surface area (Å²) in [5.41, 5.74) is 1.57. The summed E-state index contributed by atoms with van der Waals surface area (Å²) in [6, 6.07) is 0.124. The van der Waals surface area contributed by atoms with E-state index in [0.29, 0.717) is 0 Å². The lowest BCUT2D eigenvalue weighted by Gasteiger charge is -1.92. The van der Waals surface area contributed by atoms with Crippen molar-refractivity contribution in [3.8, 4) is 0 Å². The van der Waals surface area contributed by atoms with Crippen molar-refractivity contribution in [2.24, 2.45) is 9.98 Å². The molecule has 0 fully saturated rings. The molecule has 1 aliphatic rings. The molecular weight excluding hydrogens is 152 g/mol. The van der Waals surface area contributed by atoms with Gasteiger partial charge in [-0.25, -0.2) is 9.97 Å². The molecule has 2 heterocycles. The summed E-state index contributed by atoms with van der Waals surface area (Å²) in [6.45, 7) is 1.97. The minimum Gasteiger partial charge on any atom is -0.282 e. The number of hydrogen-bond donors (Lipinski definition) is 0. The molecule has 1 unspecified atom stereocenters. The minimum atomic E-state index is 0.124. The molecular formula is C8H8N4. The maximum absolute atomic E-state index is 4.20. The average molecular weight is 160 g/mol. The molecule has 0 amide bonds. The standard InChI is InChI=1S/C8H8N4/c1-6-2-11-7-3-9-5-12-8(7)4-10-6/h2-6H,1H3. The molecule has 4 nitrogen and oxygen atoms in total. The van der Waals surface area contributed by atoms with E-state index in [1.165, 1.54) is 6.33 Å². The van der Waals surface area contributed by atoms with E-state index < -0.39 is 0 Å². The van der Waals surface area contributed by atoms with Crippen molar-refractivity contribution in [1.82, 2.24) is 9.97 Å². The number of nitrogens with zero attached hydrogens (tertiary/aromatic N) is 4. The smallest absolute Gasteiger partial charge is 0.116 e. The van der Waals surface area contributed by atoms with Gasteiger partial charge in [-0.1, -0.05) is 0 Å². The molecule has 4 heteroatoms. The van der Waals surface area contributed by atoms with Gasteiger partial charge in [-0.15, -0.1) is 0 Å². The van der Waals surface area contributed by atoms with Crippen LogP contribution in [0.4, 0.5) is 5.69 Å². The molecule has 0 spiro atoms. The zero-order valence-corrected chi connectivity index (χ0v) is 6.68. The second-order valence-corrected chi connectivity index (χ2v) is 2.59. The SMILES string of the molecule is CC1C=Nc2cncnc2C=N1. The molecule has 12 heavy (non-hydrogen) atoms. The van der Waals surface area contributed by atoms with Crippen LogP contribution in [0, 0.1) is 0 Å². The van der Waals surface area contributed by atoms with Crippen LogP contribution in [0.1, 0.15) is 12.6 Å². The largest absolute Gasteiger partial charge is 0.282 e. The van der Waals surface area contributed by atoms with Crippen LogP contribution in [-0.4, -0.2) is 28.4 Å². The summed E-state index contributed by atoms with van der Waals surface area (Å²) in [5.74, 6) is 0. The molecule has 1 aromatic rings. The summed E-state index contributed by atoms with van der Waals surface area (Å²) in [7, 11) is 0. The van der Waals surface area contributed by atoms with Crippen molar-refractivity contribution in [2.45, 2.75) is 13.0 Å². The van der Waals surface area contributed by atoms with E-state index in [1.54, 1.807) is 18.6 Å². The summed E-state index contributed by atoms with van der Waals surface area (Å²) < 4.78 is 0. The fourth-order valence-electron chi connectivity index (χ4n) is 0.946. The molecule has 2 rings (SSSR count). The van der Waals surface area contributed by atoms with Crippen molar-refractivity contribution in [2.75, 3.05) is 0 Å². The normalized spacial score (nSPS) is 20.2. The summed E-state index contributed by atoms with van der Waals surface area (Å²) in [4.78, 5) is 16.3. The lowest BCUT2D eigenvalue weighted by Crippen LogP contribution is -1.96. The Morgan fingerprint density at radius 1 is 1.42 bits per heavy atom. The minimum absolute atomic E-state index is 0.124. The molecule has 0 N–H and O–H groups in total. The average Bonchev–Trinajstić information content (AvgIpc) is 2.29. The number of aromatic nitrogens is 2. The van der Waals surface area contributed by atoms with Crippen LogP contribution < -0.4 is 0 Å². The highest BCUT2D eigenvalue weighted by Crippen LogP contribution is 2.14. The molecule has 0 radical (unpaired) electrons. The quantitative estimate of drug-likeness (QED) is 0.568. The number of hydrogen-bond acceptors (Lipinski definition) is 4. The van der Waals surface area contributed by atoms with Crippen LogP contribution in [0.15, 0.2) is 22.5 Å². The lowest BCUT2D eigenvalue weighted by atomic mass is 10.4. The van der Waals surface area contributed by atoms with Gasteiger partial charge >= 0.3 is 0 Å². The van der Waals surface area contributed by atoms with Crippen LogP contribution in [0.3, 0.4) is 0 Å². The van der Waals surface area contributed by atoms with E-state index in [9.17, 15) is 0 Å². The number of aliphatic imine (C=N–C) groups is 2. The Kier molecular flexibility index (Phi) is 1.66. The van der Waals surface area contributed by atoms with Crippen LogP contribution in [0.25, 0.3) is 0 Å². The van der Waals surface area contributed by atoms with Crippen LogP contribution in [0.2, 0.25) is 0 Å². The topological polar surface area (TPSA) is 50.5 Å². The first-order valence-corrected chi connectivity index (χ1v) is 3.73. The first kappa shape index (κ1) is 7.09. The van der Waals surface area contributed by atoms with Gasteiger partial charge in [-0.2, -0.15) is 0 Å². The van der Waals surface area contributed by atoms with Gasteiger partial charge in [0.25, 0.3) is 0 Å². The van der Waals surface area contributed by atoms with E-state index in [-0.39, 0.29) is 6.04 Å². The van der Waals surface area contributed by atoms with Crippen LogP contribution >= 0.6 is 0 Å². The van der Waals surface area contributed by atoms with Gasteiger partial charge < -0.3 is 0 Å². The van der Waals surface area contributed by atoms with Crippen molar-refractivity contribution in [3.05, 3.63) is 18.2 Å². The molecule has 0 aliphatic carbocycles. The van der Waals surface area contributed by atoms with E-state index >= 15 is 0 Å². The monoisotopic (exact) mass is 160 g/mol. The summed E-state index contributed by atoms with van der Waals surface area (Å²) in [6.07, 6.45) is 6.69. The maximum Gasteiger partial charge on any atom is 0.116 e. The summed E-state index contributed by atoms with van der Waals surface area (Å²) >= 11 is 0. The Morgan fingerprint density at radius 3 is 3.25 bits per heavy atom. The third-order valence-corrected chi connectivity index (χ3v) is 1.58. The number of rotatable bonds is 0. The zero-order chi connectivity index (χ0) is 8.39. The second kappa shape index (κ2) is 2.81. The van der Waals surface area contributed by atoms with Crippen LogP contribution in [-0.2, 0) is 0 Å². The van der Waals surface area contributed by atoms with Crippen molar-refractivity contribution >= 4 is 18.1 Å². The predicted octanol–water partition coefficient (Wildman–Crippen LogP) is 1.000. The fourth-order valence-corrected chi connectivity index (χ4v) is 0.946. The molecule has 0 bridgehead atoms.